The summed E-state index contributed by atoms with van der Waals surface area (Å²) in [4.78, 5) is 26.7. The van der Waals surface area contributed by atoms with Crippen LogP contribution in [-0.2, 0) is 25.6 Å². The molecule has 3 rings (SSSR count). The zero-order valence-electron chi connectivity index (χ0n) is 15.1. The Balaban J connectivity index is 1.81. The lowest BCUT2D eigenvalue weighted by Crippen LogP contribution is -2.41. The van der Waals surface area contributed by atoms with E-state index < -0.39 is 17.7 Å². The van der Waals surface area contributed by atoms with Gasteiger partial charge in [-0.1, -0.05) is 31.2 Å². The summed E-state index contributed by atoms with van der Waals surface area (Å²) in [7, 11) is 0. The van der Waals surface area contributed by atoms with Crippen LogP contribution in [0, 0.1) is 5.92 Å². The summed E-state index contributed by atoms with van der Waals surface area (Å²) in [5.41, 5.74) is 1.89. The van der Waals surface area contributed by atoms with Crippen LogP contribution in [0.15, 0.2) is 29.8 Å². The molecule has 2 aliphatic rings. The highest BCUT2D eigenvalue weighted by atomic mass is 16.7. The zero-order valence-corrected chi connectivity index (χ0v) is 15.1. The maximum atomic E-state index is 12.2. The molecule has 25 heavy (non-hydrogen) atoms. The first-order valence-corrected chi connectivity index (χ1v) is 8.83. The normalized spacial score (nSPS) is 21.6. The Kier molecular flexibility index (Phi) is 4.95. The van der Waals surface area contributed by atoms with Crippen molar-refractivity contribution in [2.45, 2.75) is 45.9 Å². The van der Waals surface area contributed by atoms with Crippen LogP contribution < -0.4 is 0 Å². The molecule has 0 amide bonds. The van der Waals surface area contributed by atoms with Gasteiger partial charge in [0.25, 0.3) is 5.79 Å². The van der Waals surface area contributed by atoms with Gasteiger partial charge in [0.2, 0.25) is 0 Å². The third-order valence-electron chi connectivity index (χ3n) is 4.74. The van der Waals surface area contributed by atoms with E-state index in [9.17, 15) is 9.59 Å². The molecular formula is C20H25NO4. The van der Waals surface area contributed by atoms with Crippen molar-refractivity contribution in [3.05, 3.63) is 41.0 Å². The number of hydrogen-bond donors (Lipinski definition) is 0. The Morgan fingerprint density at radius 2 is 1.72 bits per heavy atom. The minimum atomic E-state index is -1.21. The average molecular weight is 343 g/mol. The van der Waals surface area contributed by atoms with Crippen molar-refractivity contribution >= 4 is 18.0 Å². The number of piperidine rings is 1. The average Bonchev–Trinajstić information content (AvgIpc) is 2.53. The summed E-state index contributed by atoms with van der Waals surface area (Å²) in [6, 6.07) is 7.82. The molecule has 2 fully saturated rings. The van der Waals surface area contributed by atoms with Crippen LogP contribution in [-0.4, -0.2) is 35.7 Å². The number of carbonyl (C=O) groups excluding carboxylic acids is 2. The Labute approximate surface area is 148 Å². The fraction of sp³-hybridized carbons (Fsp3) is 0.500. The quantitative estimate of drug-likeness (QED) is 0.479. The fourth-order valence-corrected chi connectivity index (χ4v) is 3.21. The molecule has 0 N–H and O–H groups in total. The molecular weight excluding hydrogens is 318 g/mol. The van der Waals surface area contributed by atoms with Crippen LogP contribution >= 0.6 is 0 Å². The van der Waals surface area contributed by atoms with Crippen LogP contribution in [0.5, 0.6) is 0 Å². The molecule has 0 unspecified atom stereocenters. The maximum absolute atomic E-state index is 12.2. The van der Waals surface area contributed by atoms with Crippen LogP contribution in [0.3, 0.4) is 0 Å². The Bertz CT molecular complexity index is 677. The monoisotopic (exact) mass is 343 g/mol. The van der Waals surface area contributed by atoms with E-state index >= 15 is 0 Å². The van der Waals surface area contributed by atoms with Gasteiger partial charge in [-0.25, -0.2) is 9.59 Å². The molecule has 0 aromatic heterocycles. The van der Waals surface area contributed by atoms with E-state index in [0.717, 1.165) is 36.7 Å². The highest BCUT2D eigenvalue weighted by Gasteiger charge is 2.38. The van der Waals surface area contributed by atoms with Crippen molar-refractivity contribution in [3.8, 4) is 0 Å². The van der Waals surface area contributed by atoms with Crippen molar-refractivity contribution in [1.29, 1.82) is 0 Å². The number of esters is 2. The van der Waals surface area contributed by atoms with E-state index in [2.05, 4.69) is 11.8 Å². The molecule has 0 aliphatic carbocycles. The minimum Gasteiger partial charge on any atom is -0.419 e. The molecule has 0 radical (unpaired) electrons. The highest BCUT2D eigenvalue weighted by molar-refractivity contribution is 6.18. The molecule has 0 atom stereocenters. The lowest BCUT2D eigenvalue weighted by molar-refractivity contribution is -0.222. The lowest BCUT2D eigenvalue weighted by atomic mass is 9.97. The highest BCUT2D eigenvalue weighted by Crippen LogP contribution is 2.26. The summed E-state index contributed by atoms with van der Waals surface area (Å²) in [5, 5.41) is 0. The van der Waals surface area contributed by atoms with Crippen LogP contribution in [0.4, 0.5) is 0 Å². The minimum absolute atomic E-state index is 0.0564. The van der Waals surface area contributed by atoms with Crippen molar-refractivity contribution in [2.24, 2.45) is 5.92 Å². The molecule has 2 aliphatic heterocycles. The number of hydrogen-bond acceptors (Lipinski definition) is 5. The van der Waals surface area contributed by atoms with Crippen LogP contribution in [0.25, 0.3) is 6.08 Å². The molecule has 0 bridgehead atoms. The van der Waals surface area contributed by atoms with E-state index in [0.29, 0.717) is 0 Å². The number of carbonyl (C=O) groups is 2. The first-order valence-electron chi connectivity index (χ1n) is 8.83. The number of ether oxygens (including phenoxy) is 2. The van der Waals surface area contributed by atoms with Gasteiger partial charge in [-0.15, -0.1) is 0 Å². The second kappa shape index (κ2) is 7.00. The van der Waals surface area contributed by atoms with Crippen molar-refractivity contribution in [2.75, 3.05) is 13.1 Å². The van der Waals surface area contributed by atoms with E-state index in [4.69, 9.17) is 9.47 Å². The summed E-state index contributed by atoms with van der Waals surface area (Å²) in [5.74, 6) is -1.70. The van der Waals surface area contributed by atoms with Gasteiger partial charge in [-0.3, -0.25) is 4.90 Å². The van der Waals surface area contributed by atoms with Gasteiger partial charge in [0.1, 0.15) is 5.57 Å². The molecule has 1 aromatic carbocycles. The Morgan fingerprint density at radius 1 is 1.12 bits per heavy atom. The second-order valence-electron chi connectivity index (χ2n) is 7.39. The van der Waals surface area contributed by atoms with Crippen LogP contribution in [0.1, 0.15) is 44.7 Å². The summed E-state index contributed by atoms with van der Waals surface area (Å²) >= 11 is 0. The van der Waals surface area contributed by atoms with Crippen molar-refractivity contribution in [3.63, 3.8) is 0 Å². The van der Waals surface area contributed by atoms with Crippen molar-refractivity contribution < 1.29 is 19.1 Å². The van der Waals surface area contributed by atoms with Gasteiger partial charge >= 0.3 is 11.9 Å². The maximum Gasteiger partial charge on any atom is 0.348 e. The predicted octanol–water partition coefficient (Wildman–Crippen LogP) is 3.14. The van der Waals surface area contributed by atoms with Gasteiger partial charge in [-0.05, 0) is 49.1 Å². The van der Waals surface area contributed by atoms with E-state index in [1.54, 1.807) is 19.9 Å². The predicted molar refractivity (Wildman–Crippen MR) is 94.4 cm³/mol. The molecule has 5 heteroatoms. The smallest absolute Gasteiger partial charge is 0.348 e. The van der Waals surface area contributed by atoms with E-state index in [-0.39, 0.29) is 5.57 Å². The SMILES string of the molecule is CC1CCN(Cc2ccccc2C=C2C(=O)OC(C)(C)OC2=O)CC1. The molecule has 1 aromatic rings. The number of benzene rings is 1. The third kappa shape index (κ3) is 4.28. The summed E-state index contributed by atoms with van der Waals surface area (Å²) in [6.45, 7) is 8.34. The largest absolute Gasteiger partial charge is 0.419 e. The Hall–Kier alpha value is -2.14. The summed E-state index contributed by atoms with van der Waals surface area (Å²) < 4.78 is 10.3. The fourth-order valence-electron chi connectivity index (χ4n) is 3.21. The summed E-state index contributed by atoms with van der Waals surface area (Å²) in [6.07, 6.45) is 4.00. The second-order valence-corrected chi connectivity index (χ2v) is 7.39. The van der Waals surface area contributed by atoms with E-state index in [1.165, 1.54) is 12.8 Å². The molecule has 0 saturated carbocycles. The van der Waals surface area contributed by atoms with Crippen molar-refractivity contribution in [1.82, 2.24) is 4.90 Å². The standard InChI is InChI=1S/C20H25NO4/c1-14-8-10-21(11-9-14)13-16-7-5-4-6-15(16)12-17-18(22)24-20(2,3)25-19(17)23/h4-7,12,14H,8-11,13H2,1-3H3. The van der Waals surface area contributed by atoms with Gasteiger partial charge in [-0.2, -0.15) is 0 Å². The van der Waals surface area contributed by atoms with Gasteiger partial charge in [0.15, 0.2) is 0 Å². The molecule has 5 nitrogen and oxygen atoms in total. The van der Waals surface area contributed by atoms with Gasteiger partial charge in [0.05, 0.1) is 0 Å². The topological polar surface area (TPSA) is 55.8 Å². The molecule has 134 valence electrons. The zero-order chi connectivity index (χ0) is 18.0. The van der Waals surface area contributed by atoms with Gasteiger partial charge < -0.3 is 9.47 Å². The van der Waals surface area contributed by atoms with Gasteiger partial charge in [0, 0.05) is 20.4 Å². The number of rotatable bonds is 3. The molecule has 2 saturated heterocycles. The Morgan fingerprint density at radius 3 is 2.36 bits per heavy atom. The number of likely N-dealkylation sites (tertiary alicyclic amines) is 1. The first kappa shape index (κ1) is 17.7. The first-order chi connectivity index (χ1) is 11.8. The molecule has 0 spiro atoms. The molecule has 2 heterocycles. The van der Waals surface area contributed by atoms with Crippen LogP contribution in [0.2, 0.25) is 0 Å². The number of nitrogens with zero attached hydrogens (tertiary/aromatic N) is 1. The lowest BCUT2D eigenvalue weighted by Gasteiger charge is -2.31. The third-order valence-corrected chi connectivity index (χ3v) is 4.74. The number of cyclic esters (lactones) is 2. The van der Waals surface area contributed by atoms with E-state index in [1.807, 2.05) is 24.3 Å².